The highest BCUT2D eigenvalue weighted by Gasteiger charge is 2.22. The van der Waals surface area contributed by atoms with Crippen LogP contribution in [0.4, 0.5) is 0 Å². The number of carbonyl (C=O) groups excluding carboxylic acids is 2. The molecule has 0 saturated carbocycles. The van der Waals surface area contributed by atoms with E-state index in [9.17, 15) is 14.4 Å². The first-order chi connectivity index (χ1) is 7.32. The van der Waals surface area contributed by atoms with Crippen LogP contribution < -0.4 is 0 Å². The molecule has 0 bridgehead atoms. The Kier molecular flexibility index (Phi) is 7.05. The van der Waals surface area contributed by atoms with Gasteiger partial charge >= 0.3 is 5.97 Å². The summed E-state index contributed by atoms with van der Waals surface area (Å²) < 4.78 is 0. The lowest BCUT2D eigenvalue weighted by molar-refractivity contribution is -0.144. The van der Waals surface area contributed by atoms with Crippen LogP contribution >= 0.6 is 11.8 Å². The molecular weight excluding hydrogens is 228 g/mol. The third-order valence-corrected chi connectivity index (χ3v) is 2.89. The van der Waals surface area contributed by atoms with Gasteiger partial charge in [-0.05, 0) is 12.3 Å². The first-order valence-electron chi connectivity index (χ1n) is 5.20. The average Bonchev–Trinajstić information content (AvgIpc) is 2.12. The number of rotatable bonds is 7. The smallest absolute Gasteiger partial charge is 0.306 e. The molecule has 0 aliphatic heterocycles. The van der Waals surface area contributed by atoms with E-state index in [1.54, 1.807) is 0 Å². The standard InChI is InChI=1S/C11H18O4S/c1-7(2)4-9(11(14)15)5-10(13)6-16-8(3)12/h7,9H,4-6H2,1-3H3,(H,14,15). The van der Waals surface area contributed by atoms with Crippen LogP contribution in [0.1, 0.15) is 33.6 Å². The summed E-state index contributed by atoms with van der Waals surface area (Å²) in [6.07, 6.45) is 0.513. The summed E-state index contributed by atoms with van der Waals surface area (Å²) in [6, 6.07) is 0. The Labute approximate surface area is 99.8 Å². The molecule has 0 aliphatic carbocycles. The molecular formula is C11H18O4S. The quantitative estimate of drug-likeness (QED) is 0.743. The SMILES string of the molecule is CC(=O)SCC(=O)CC(CC(C)C)C(=O)O. The molecule has 0 saturated heterocycles. The average molecular weight is 246 g/mol. The number of hydrogen-bond acceptors (Lipinski definition) is 4. The van der Waals surface area contributed by atoms with Crippen LogP contribution in [-0.4, -0.2) is 27.7 Å². The molecule has 0 rings (SSSR count). The Bertz CT molecular complexity index is 273. The molecule has 0 aromatic rings. The van der Waals surface area contributed by atoms with Gasteiger partial charge in [0.1, 0.15) is 5.78 Å². The zero-order valence-electron chi connectivity index (χ0n) is 9.86. The van der Waals surface area contributed by atoms with Crippen LogP contribution in [0.2, 0.25) is 0 Å². The molecule has 4 nitrogen and oxygen atoms in total. The van der Waals surface area contributed by atoms with Crippen molar-refractivity contribution in [3.8, 4) is 0 Å². The van der Waals surface area contributed by atoms with Crippen molar-refractivity contribution in [2.75, 3.05) is 5.75 Å². The second kappa shape index (κ2) is 7.44. The summed E-state index contributed by atoms with van der Waals surface area (Å²) in [4.78, 5) is 32.9. The second-order valence-corrected chi connectivity index (χ2v) is 5.34. The number of carboxylic acid groups (broad SMARTS) is 1. The fourth-order valence-corrected chi connectivity index (χ4v) is 1.84. The third-order valence-electron chi connectivity index (χ3n) is 2.02. The molecule has 0 aromatic heterocycles. The predicted octanol–water partition coefficient (Wildman–Crippen LogP) is 1.97. The number of aliphatic carboxylic acids is 1. The van der Waals surface area contributed by atoms with E-state index in [0.29, 0.717) is 6.42 Å². The van der Waals surface area contributed by atoms with Crippen LogP contribution in [0.3, 0.4) is 0 Å². The van der Waals surface area contributed by atoms with E-state index in [1.807, 2.05) is 13.8 Å². The first-order valence-corrected chi connectivity index (χ1v) is 6.19. The van der Waals surface area contributed by atoms with E-state index in [4.69, 9.17) is 5.11 Å². The number of carbonyl (C=O) groups is 3. The maximum absolute atomic E-state index is 11.4. The summed E-state index contributed by atoms with van der Waals surface area (Å²) >= 11 is 0.931. The maximum Gasteiger partial charge on any atom is 0.306 e. The van der Waals surface area contributed by atoms with Crippen LogP contribution in [0.5, 0.6) is 0 Å². The van der Waals surface area contributed by atoms with Crippen molar-refractivity contribution < 1.29 is 19.5 Å². The molecule has 5 heteroatoms. The molecule has 92 valence electrons. The lowest BCUT2D eigenvalue weighted by Gasteiger charge is -2.13. The summed E-state index contributed by atoms with van der Waals surface area (Å²) in [5.74, 6) is -1.41. The Morgan fingerprint density at radius 3 is 2.19 bits per heavy atom. The van der Waals surface area contributed by atoms with Gasteiger partial charge in [0.05, 0.1) is 11.7 Å². The van der Waals surface area contributed by atoms with Gasteiger partial charge in [-0.2, -0.15) is 0 Å². The van der Waals surface area contributed by atoms with Gasteiger partial charge in [0.15, 0.2) is 5.12 Å². The Balaban J connectivity index is 4.13. The van der Waals surface area contributed by atoms with Gasteiger partial charge in [0.2, 0.25) is 0 Å². The van der Waals surface area contributed by atoms with E-state index < -0.39 is 11.9 Å². The monoisotopic (exact) mass is 246 g/mol. The first kappa shape index (κ1) is 15.2. The van der Waals surface area contributed by atoms with Crippen molar-refractivity contribution in [3.05, 3.63) is 0 Å². The van der Waals surface area contributed by atoms with E-state index in [1.165, 1.54) is 6.92 Å². The zero-order valence-corrected chi connectivity index (χ0v) is 10.7. The topological polar surface area (TPSA) is 71.4 Å². The maximum atomic E-state index is 11.4. The van der Waals surface area contributed by atoms with Crippen LogP contribution in [0.15, 0.2) is 0 Å². The number of Topliss-reactive ketones (excluding diaryl/α,β-unsaturated/α-hetero) is 1. The number of thioether (sulfide) groups is 1. The number of hydrogen-bond donors (Lipinski definition) is 1. The fourth-order valence-electron chi connectivity index (χ4n) is 1.36. The van der Waals surface area contributed by atoms with Gasteiger partial charge in [-0.25, -0.2) is 0 Å². The van der Waals surface area contributed by atoms with E-state index >= 15 is 0 Å². The zero-order chi connectivity index (χ0) is 12.7. The molecule has 0 aliphatic rings. The highest BCUT2D eigenvalue weighted by Crippen LogP contribution is 2.17. The lowest BCUT2D eigenvalue weighted by atomic mass is 9.93. The van der Waals surface area contributed by atoms with E-state index in [2.05, 4.69) is 0 Å². The van der Waals surface area contributed by atoms with Gasteiger partial charge in [-0.1, -0.05) is 25.6 Å². The third kappa shape index (κ3) is 7.45. The minimum atomic E-state index is -0.935. The molecule has 0 heterocycles. The fraction of sp³-hybridized carbons (Fsp3) is 0.727. The summed E-state index contributed by atoms with van der Waals surface area (Å²) in [5.41, 5.74) is 0. The molecule has 16 heavy (non-hydrogen) atoms. The van der Waals surface area contributed by atoms with Gasteiger partial charge in [-0.15, -0.1) is 0 Å². The van der Waals surface area contributed by atoms with Gasteiger partial charge < -0.3 is 5.11 Å². The molecule has 0 radical (unpaired) electrons. The highest BCUT2D eigenvalue weighted by atomic mass is 32.2. The Morgan fingerprint density at radius 1 is 1.25 bits per heavy atom. The molecule has 0 fully saturated rings. The van der Waals surface area contributed by atoms with Crippen molar-refractivity contribution in [1.82, 2.24) is 0 Å². The minimum absolute atomic E-state index is 0.0216. The second-order valence-electron chi connectivity index (χ2n) is 4.19. The van der Waals surface area contributed by atoms with Crippen molar-refractivity contribution >= 4 is 28.6 Å². The van der Waals surface area contributed by atoms with Crippen molar-refractivity contribution in [3.63, 3.8) is 0 Å². The van der Waals surface area contributed by atoms with Crippen LogP contribution in [0, 0.1) is 11.8 Å². The van der Waals surface area contributed by atoms with Crippen LogP contribution in [0.25, 0.3) is 0 Å². The molecule has 0 spiro atoms. The van der Waals surface area contributed by atoms with Gasteiger partial charge in [0.25, 0.3) is 0 Å². The molecule has 1 N–H and O–H groups in total. The molecule has 1 unspecified atom stereocenters. The van der Waals surface area contributed by atoms with E-state index in [-0.39, 0.29) is 29.0 Å². The minimum Gasteiger partial charge on any atom is -0.481 e. The van der Waals surface area contributed by atoms with Crippen molar-refractivity contribution in [2.24, 2.45) is 11.8 Å². The summed E-state index contributed by atoms with van der Waals surface area (Å²) in [6.45, 7) is 5.23. The van der Waals surface area contributed by atoms with Gasteiger partial charge in [0, 0.05) is 13.3 Å². The largest absolute Gasteiger partial charge is 0.481 e. The summed E-state index contributed by atoms with van der Waals surface area (Å²) in [5, 5.41) is 8.80. The number of carboxylic acids is 1. The normalized spacial score (nSPS) is 12.5. The van der Waals surface area contributed by atoms with Crippen molar-refractivity contribution in [1.29, 1.82) is 0 Å². The lowest BCUT2D eigenvalue weighted by Crippen LogP contribution is -2.21. The highest BCUT2D eigenvalue weighted by molar-refractivity contribution is 8.14. The van der Waals surface area contributed by atoms with Crippen LogP contribution in [-0.2, 0) is 14.4 Å². The molecule has 0 amide bonds. The summed E-state index contributed by atoms with van der Waals surface area (Å²) in [7, 11) is 0. The van der Waals surface area contributed by atoms with Gasteiger partial charge in [-0.3, -0.25) is 14.4 Å². The van der Waals surface area contributed by atoms with E-state index in [0.717, 1.165) is 11.8 Å². The predicted molar refractivity (Wildman–Crippen MR) is 63.3 cm³/mol. The Hall–Kier alpha value is -0.840. The van der Waals surface area contributed by atoms with Crippen molar-refractivity contribution in [2.45, 2.75) is 33.6 Å². The molecule has 1 atom stereocenters. The Morgan fingerprint density at radius 2 is 1.81 bits per heavy atom. The number of ketones is 1. The molecule has 0 aromatic carbocycles.